The second kappa shape index (κ2) is 8.06. The number of amides is 1. The van der Waals surface area contributed by atoms with E-state index in [4.69, 9.17) is 8.94 Å². The lowest BCUT2D eigenvalue weighted by molar-refractivity contribution is 0.0736. The number of furan rings is 1. The van der Waals surface area contributed by atoms with Crippen molar-refractivity contribution in [2.24, 2.45) is 0 Å². The van der Waals surface area contributed by atoms with Gasteiger partial charge in [-0.3, -0.25) is 4.79 Å². The van der Waals surface area contributed by atoms with Crippen LogP contribution in [0.5, 0.6) is 0 Å². The summed E-state index contributed by atoms with van der Waals surface area (Å²) < 4.78 is 10.5. The van der Waals surface area contributed by atoms with Gasteiger partial charge in [0.25, 0.3) is 5.91 Å². The highest BCUT2D eigenvalue weighted by Gasteiger charge is 2.26. The number of hydrogen-bond donors (Lipinski definition) is 0. The second-order valence-electron chi connectivity index (χ2n) is 7.42. The molecule has 0 saturated carbocycles. The van der Waals surface area contributed by atoms with Gasteiger partial charge in [0.2, 0.25) is 5.76 Å². The molecule has 0 spiro atoms. The topological polar surface area (TPSA) is 88.5 Å². The fourth-order valence-corrected chi connectivity index (χ4v) is 3.71. The molecule has 0 atom stereocenters. The maximum Gasteiger partial charge on any atom is 0.276 e. The van der Waals surface area contributed by atoms with Crippen LogP contribution in [0.3, 0.4) is 0 Å². The zero-order valence-electron chi connectivity index (χ0n) is 17.1. The lowest BCUT2D eigenvalue weighted by Gasteiger charge is -2.34. The summed E-state index contributed by atoms with van der Waals surface area (Å²) >= 11 is 0. The first-order chi connectivity index (χ1) is 15.2. The highest BCUT2D eigenvalue weighted by molar-refractivity contribution is 5.93. The zero-order valence-corrected chi connectivity index (χ0v) is 17.1. The Morgan fingerprint density at radius 2 is 1.77 bits per heavy atom. The summed E-state index contributed by atoms with van der Waals surface area (Å²) in [5.41, 5.74) is 3.38. The van der Waals surface area contributed by atoms with Crippen molar-refractivity contribution in [1.82, 2.24) is 20.3 Å². The number of nitrogens with zero attached hydrogens (tertiary/aromatic N) is 5. The van der Waals surface area contributed by atoms with Crippen molar-refractivity contribution in [2.75, 3.05) is 31.1 Å². The molecule has 156 valence electrons. The summed E-state index contributed by atoms with van der Waals surface area (Å²) in [5, 5.41) is 12.7. The highest BCUT2D eigenvalue weighted by Crippen LogP contribution is 2.24. The first-order valence-electron chi connectivity index (χ1n) is 10.1. The van der Waals surface area contributed by atoms with Crippen LogP contribution in [0.1, 0.15) is 16.1 Å². The number of carbonyl (C=O) groups excluding carboxylic acids is 1. The van der Waals surface area contributed by atoms with Gasteiger partial charge in [-0.05, 0) is 36.8 Å². The minimum atomic E-state index is -0.151. The largest absolute Gasteiger partial charge is 0.461 e. The number of benzene rings is 1. The van der Waals surface area contributed by atoms with E-state index in [0.29, 0.717) is 37.7 Å². The molecule has 3 aromatic heterocycles. The predicted molar refractivity (Wildman–Crippen MR) is 115 cm³/mol. The van der Waals surface area contributed by atoms with Gasteiger partial charge in [0.1, 0.15) is 0 Å². The van der Waals surface area contributed by atoms with Crippen LogP contribution >= 0.6 is 0 Å². The van der Waals surface area contributed by atoms with Crippen LogP contribution in [0.2, 0.25) is 0 Å². The van der Waals surface area contributed by atoms with Gasteiger partial charge in [0.15, 0.2) is 17.3 Å². The monoisotopic (exact) mass is 415 g/mol. The third-order valence-corrected chi connectivity index (χ3v) is 5.46. The fraction of sp³-hybridized carbons (Fsp3) is 0.217. The normalized spacial score (nSPS) is 14.1. The molecule has 1 fully saturated rings. The van der Waals surface area contributed by atoms with Gasteiger partial charge in [-0.15, -0.1) is 10.2 Å². The number of piperazine rings is 1. The third kappa shape index (κ3) is 3.79. The molecule has 1 aromatic carbocycles. The Morgan fingerprint density at radius 1 is 0.935 bits per heavy atom. The van der Waals surface area contributed by atoms with Gasteiger partial charge in [0.05, 0.1) is 12.0 Å². The van der Waals surface area contributed by atoms with Crippen molar-refractivity contribution >= 4 is 11.7 Å². The lowest BCUT2D eigenvalue weighted by atomic mass is 10.1. The number of hydrogen-bond acceptors (Lipinski definition) is 7. The molecule has 0 aliphatic carbocycles. The SMILES string of the molecule is Cc1ccccc1-c1ccc(N2CCN(C(=O)c3cc(-c4ccco4)on3)CC2)nn1. The molecule has 1 saturated heterocycles. The number of carbonyl (C=O) groups is 1. The van der Waals surface area contributed by atoms with Gasteiger partial charge in [-0.2, -0.15) is 0 Å². The Labute approximate surface area is 179 Å². The third-order valence-electron chi connectivity index (χ3n) is 5.46. The summed E-state index contributed by atoms with van der Waals surface area (Å²) in [6, 6.07) is 17.2. The molecule has 0 N–H and O–H groups in total. The van der Waals surface area contributed by atoms with Crippen LogP contribution in [-0.4, -0.2) is 52.3 Å². The van der Waals surface area contributed by atoms with Crippen LogP contribution in [0, 0.1) is 6.92 Å². The van der Waals surface area contributed by atoms with Gasteiger partial charge >= 0.3 is 0 Å². The van der Waals surface area contributed by atoms with Gasteiger partial charge in [-0.25, -0.2) is 0 Å². The molecule has 0 bridgehead atoms. The standard InChI is InChI=1S/C23H21N5O3/c1-16-5-2-3-6-17(16)18-8-9-22(25-24-18)27-10-12-28(13-11-27)23(29)19-15-21(31-26-19)20-7-4-14-30-20/h2-9,14-15H,10-13H2,1H3. The average Bonchev–Trinajstić information content (AvgIpc) is 3.51. The van der Waals surface area contributed by atoms with Crippen molar-refractivity contribution in [1.29, 1.82) is 0 Å². The Kier molecular flexibility index (Phi) is 4.95. The Hall–Kier alpha value is -3.94. The smallest absolute Gasteiger partial charge is 0.276 e. The lowest BCUT2D eigenvalue weighted by Crippen LogP contribution is -2.49. The number of rotatable bonds is 4. The van der Waals surface area contributed by atoms with E-state index in [1.165, 1.54) is 5.56 Å². The molecule has 0 unspecified atom stereocenters. The second-order valence-corrected chi connectivity index (χ2v) is 7.42. The Bertz CT molecular complexity index is 1180. The minimum Gasteiger partial charge on any atom is -0.461 e. The molecule has 1 aliphatic heterocycles. The first-order valence-corrected chi connectivity index (χ1v) is 10.1. The van der Waals surface area contributed by atoms with Crippen molar-refractivity contribution < 1.29 is 13.7 Å². The summed E-state index contributed by atoms with van der Waals surface area (Å²) in [4.78, 5) is 16.7. The summed E-state index contributed by atoms with van der Waals surface area (Å²) in [6.45, 7) is 4.56. The minimum absolute atomic E-state index is 0.151. The van der Waals surface area contributed by atoms with E-state index in [1.54, 1.807) is 29.4 Å². The number of anilines is 1. The van der Waals surface area contributed by atoms with E-state index in [0.717, 1.165) is 17.1 Å². The average molecular weight is 415 g/mol. The quantitative estimate of drug-likeness (QED) is 0.502. The Balaban J connectivity index is 1.22. The van der Waals surface area contributed by atoms with E-state index < -0.39 is 0 Å². The molecule has 1 amide bonds. The molecule has 5 rings (SSSR count). The molecular formula is C23H21N5O3. The molecule has 8 nitrogen and oxygen atoms in total. The molecule has 31 heavy (non-hydrogen) atoms. The van der Waals surface area contributed by atoms with Gasteiger partial charge < -0.3 is 18.7 Å². The predicted octanol–water partition coefficient (Wildman–Crippen LogP) is 3.66. The first kappa shape index (κ1) is 19.0. The van der Waals surface area contributed by atoms with Crippen molar-refractivity contribution in [3.8, 4) is 22.8 Å². The molecular weight excluding hydrogens is 394 g/mol. The molecule has 0 radical (unpaired) electrons. The number of aromatic nitrogens is 3. The summed E-state index contributed by atoms with van der Waals surface area (Å²) in [7, 11) is 0. The van der Waals surface area contributed by atoms with Gasteiger partial charge in [0, 0.05) is 37.8 Å². The maximum atomic E-state index is 12.8. The van der Waals surface area contributed by atoms with Crippen LogP contribution in [0.25, 0.3) is 22.8 Å². The van der Waals surface area contributed by atoms with Gasteiger partial charge in [-0.1, -0.05) is 29.4 Å². The van der Waals surface area contributed by atoms with E-state index in [-0.39, 0.29) is 11.6 Å². The van der Waals surface area contributed by atoms with Crippen molar-refractivity contribution in [2.45, 2.75) is 6.92 Å². The number of aryl methyl sites for hydroxylation is 1. The van der Waals surface area contributed by atoms with Crippen LogP contribution in [-0.2, 0) is 0 Å². The maximum absolute atomic E-state index is 12.8. The highest BCUT2D eigenvalue weighted by atomic mass is 16.5. The zero-order chi connectivity index (χ0) is 21.2. The van der Waals surface area contributed by atoms with Crippen LogP contribution in [0.15, 0.2) is 69.8 Å². The van der Waals surface area contributed by atoms with E-state index in [9.17, 15) is 4.79 Å². The van der Waals surface area contributed by atoms with E-state index in [1.807, 2.05) is 30.3 Å². The summed E-state index contributed by atoms with van der Waals surface area (Å²) in [5.74, 6) is 1.65. The van der Waals surface area contributed by atoms with Crippen LogP contribution < -0.4 is 4.90 Å². The van der Waals surface area contributed by atoms with Crippen molar-refractivity contribution in [3.63, 3.8) is 0 Å². The molecule has 4 heterocycles. The Morgan fingerprint density at radius 3 is 2.48 bits per heavy atom. The molecule has 4 aromatic rings. The van der Waals surface area contributed by atoms with Crippen LogP contribution in [0.4, 0.5) is 5.82 Å². The summed E-state index contributed by atoms with van der Waals surface area (Å²) in [6.07, 6.45) is 1.55. The fourth-order valence-electron chi connectivity index (χ4n) is 3.71. The molecule has 8 heteroatoms. The molecule has 1 aliphatic rings. The van der Waals surface area contributed by atoms with Crippen molar-refractivity contribution in [3.05, 3.63) is 72.1 Å². The van der Waals surface area contributed by atoms with E-state index in [2.05, 4.69) is 33.2 Å². The van der Waals surface area contributed by atoms with E-state index >= 15 is 0 Å².